The normalized spacial score (nSPS) is 23.5. The lowest BCUT2D eigenvalue weighted by Gasteiger charge is -2.28. The van der Waals surface area contributed by atoms with Crippen LogP contribution < -0.4 is 14.8 Å². The average Bonchev–Trinajstić information content (AvgIpc) is 3.28. The van der Waals surface area contributed by atoms with Gasteiger partial charge in [-0.05, 0) is 23.6 Å². The molecule has 0 bridgehead atoms. The fraction of sp³-hybridized carbons (Fsp3) is 0.381. The molecule has 0 spiro atoms. The number of halogens is 1. The van der Waals surface area contributed by atoms with Crippen LogP contribution in [0.4, 0.5) is 0 Å². The van der Waals surface area contributed by atoms with E-state index in [1.165, 1.54) is 5.56 Å². The molecule has 2 aromatic carbocycles. The Morgan fingerprint density at radius 3 is 2.33 bits per heavy atom. The maximum Gasteiger partial charge on any atom is 0.254 e. The van der Waals surface area contributed by atoms with Gasteiger partial charge in [0.05, 0.1) is 20.3 Å². The third-order valence-electron chi connectivity index (χ3n) is 5.56. The second-order valence-corrected chi connectivity index (χ2v) is 7.00. The van der Waals surface area contributed by atoms with Crippen molar-refractivity contribution in [1.82, 2.24) is 10.2 Å². The highest BCUT2D eigenvalue weighted by Gasteiger charge is 2.46. The molecule has 3 atom stereocenters. The second kappa shape index (κ2) is 8.19. The Kier molecular flexibility index (Phi) is 5.92. The first-order valence-electron chi connectivity index (χ1n) is 9.01. The van der Waals surface area contributed by atoms with Crippen LogP contribution in [0.2, 0.25) is 0 Å². The van der Waals surface area contributed by atoms with Gasteiger partial charge in [0.15, 0.2) is 0 Å². The van der Waals surface area contributed by atoms with E-state index in [2.05, 4.69) is 17.4 Å². The molecule has 5 nitrogen and oxygen atoms in total. The van der Waals surface area contributed by atoms with Crippen LogP contribution in [0.5, 0.6) is 11.5 Å². The first-order chi connectivity index (χ1) is 12.7. The zero-order valence-electron chi connectivity index (χ0n) is 15.6. The van der Waals surface area contributed by atoms with Crippen LogP contribution >= 0.6 is 12.4 Å². The van der Waals surface area contributed by atoms with E-state index in [0.717, 1.165) is 19.6 Å². The summed E-state index contributed by atoms with van der Waals surface area (Å²) in [5.41, 5.74) is 1.81. The summed E-state index contributed by atoms with van der Waals surface area (Å²) in [4.78, 5) is 15.4. The van der Waals surface area contributed by atoms with E-state index in [9.17, 15) is 4.79 Å². The van der Waals surface area contributed by atoms with Crippen LogP contribution in [-0.4, -0.2) is 44.7 Å². The summed E-state index contributed by atoms with van der Waals surface area (Å²) in [6.07, 6.45) is 0. The van der Waals surface area contributed by atoms with Crippen molar-refractivity contribution >= 4 is 18.3 Å². The number of methoxy groups -OCH3 is 2. The number of fused-ring (bicyclic) bond motifs is 1. The Morgan fingerprint density at radius 2 is 1.70 bits per heavy atom. The SMILES string of the molecule is COc1cc(OC)cc(C(=O)N2C[C@@H]3CNC[C@@H]3[C@H]2c2ccccc2)c1.Cl. The van der Waals surface area contributed by atoms with Crippen molar-refractivity contribution in [3.8, 4) is 11.5 Å². The highest BCUT2D eigenvalue weighted by atomic mass is 35.5. The van der Waals surface area contributed by atoms with Gasteiger partial charge in [-0.1, -0.05) is 30.3 Å². The van der Waals surface area contributed by atoms with E-state index in [0.29, 0.717) is 28.9 Å². The maximum atomic E-state index is 13.4. The quantitative estimate of drug-likeness (QED) is 0.874. The number of nitrogens with zero attached hydrogens (tertiary/aromatic N) is 1. The lowest BCUT2D eigenvalue weighted by molar-refractivity contribution is 0.0713. The zero-order valence-corrected chi connectivity index (χ0v) is 16.4. The number of likely N-dealkylation sites (tertiary alicyclic amines) is 1. The number of hydrogen-bond acceptors (Lipinski definition) is 4. The summed E-state index contributed by atoms with van der Waals surface area (Å²) in [7, 11) is 3.20. The zero-order chi connectivity index (χ0) is 18.1. The van der Waals surface area contributed by atoms with Crippen molar-refractivity contribution in [1.29, 1.82) is 0 Å². The van der Waals surface area contributed by atoms with E-state index in [4.69, 9.17) is 9.47 Å². The van der Waals surface area contributed by atoms with Crippen LogP contribution in [0.1, 0.15) is 22.0 Å². The number of hydrogen-bond donors (Lipinski definition) is 1. The fourth-order valence-electron chi connectivity index (χ4n) is 4.30. The van der Waals surface area contributed by atoms with Crippen LogP contribution in [0, 0.1) is 11.8 Å². The molecule has 2 aliphatic heterocycles. The molecule has 0 saturated carbocycles. The van der Waals surface area contributed by atoms with Gasteiger partial charge in [0.1, 0.15) is 11.5 Å². The standard InChI is InChI=1S/C21H24N2O3.ClH/c1-25-17-8-15(9-18(10-17)26-2)21(24)23-13-16-11-22-12-19(16)20(23)14-6-4-3-5-7-14;/h3-10,16,19-20,22H,11-13H2,1-2H3;1H/t16-,19-,20+;/m0./s1. The summed E-state index contributed by atoms with van der Waals surface area (Å²) in [5, 5.41) is 3.48. The molecule has 0 aromatic heterocycles. The van der Waals surface area contributed by atoms with Crippen LogP contribution in [0.3, 0.4) is 0 Å². The van der Waals surface area contributed by atoms with E-state index in [1.54, 1.807) is 32.4 Å². The molecule has 27 heavy (non-hydrogen) atoms. The Labute approximate surface area is 166 Å². The van der Waals surface area contributed by atoms with Gasteiger partial charge in [0.25, 0.3) is 5.91 Å². The molecule has 144 valence electrons. The number of carbonyl (C=O) groups excluding carboxylic acids is 1. The lowest BCUT2D eigenvalue weighted by atomic mass is 9.89. The summed E-state index contributed by atoms with van der Waals surface area (Å²) in [6, 6.07) is 15.8. The number of amides is 1. The highest BCUT2D eigenvalue weighted by Crippen LogP contribution is 2.43. The predicted molar refractivity (Wildman–Crippen MR) is 107 cm³/mol. The molecule has 2 heterocycles. The van der Waals surface area contributed by atoms with Gasteiger partial charge in [-0.2, -0.15) is 0 Å². The molecular weight excluding hydrogens is 364 g/mol. The van der Waals surface area contributed by atoms with Crippen molar-refractivity contribution in [3.63, 3.8) is 0 Å². The third kappa shape index (κ3) is 3.62. The molecule has 6 heteroatoms. The highest BCUT2D eigenvalue weighted by molar-refractivity contribution is 5.95. The topological polar surface area (TPSA) is 50.8 Å². The Hall–Kier alpha value is -2.24. The molecule has 1 N–H and O–H groups in total. The number of benzene rings is 2. The maximum absolute atomic E-state index is 13.4. The first kappa shape index (κ1) is 19.5. The molecule has 2 fully saturated rings. The van der Waals surface area contributed by atoms with Gasteiger partial charge in [0.2, 0.25) is 0 Å². The van der Waals surface area contributed by atoms with Crippen LogP contribution in [-0.2, 0) is 0 Å². The summed E-state index contributed by atoms with van der Waals surface area (Å²) >= 11 is 0. The number of ether oxygens (including phenoxy) is 2. The van der Waals surface area contributed by atoms with Crippen LogP contribution in [0.15, 0.2) is 48.5 Å². The minimum Gasteiger partial charge on any atom is -0.497 e. The van der Waals surface area contributed by atoms with Gasteiger partial charge in [-0.25, -0.2) is 0 Å². The van der Waals surface area contributed by atoms with Gasteiger partial charge >= 0.3 is 0 Å². The smallest absolute Gasteiger partial charge is 0.254 e. The molecule has 2 saturated heterocycles. The lowest BCUT2D eigenvalue weighted by Crippen LogP contribution is -2.34. The van der Waals surface area contributed by atoms with Gasteiger partial charge in [0, 0.05) is 37.2 Å². The number of nitrogens with one attached hydrogen (secondary N) is 1. The number of carbonyl (C=O) groups is 1. The Morgan fingerprint density at radius 1 is 1.04 bits per heavy atom. The van der Waals surface area contributed by atoms with E-state index < -0.39 is 0 Å². The van der Waals surface area contributed by atoms with E-state index >= 15 is 0 Å². The second-order valence-electron chi connectivity index (χ2n) is 7.00. The third-order valence-corrected chi connectivity index (χ3v) is 5.56. The largest absolute Gasteiger partial charge is 0.497 e. The first-order valence-corrected chi connectivity index (χ1v) is 9.01. The van der Waals surface area contributed by atoms with Crippen molar-refractivity contribution in [2.45, 2.75) is 6.04 Å². The minimum absolute atomic E-state index is 0. The minimum atomic E-state index is 0. The molecule has 2 aliphatic rings. The molecule has 0 radical (unpaired) electrons. The molecule has 2 aromatic rings. The number of rotatable bonds is 4. The average molecular weight is 389 g/mol. The Bertz CT molecular complexity index is 777. The van der Waals surface area contributed by atoms with E-state index in [1.807, 2.05) is 23.1 Å². The molecule has 1 amide bonds. The summed E-state index contributed by atoms with van der Waals surface area (Å²) in [6.45, 7) is 2.70. The van der Waals surface area contributed by atoms with E-state index in [-0.39, 0.29) is 24.4 Å². The summed E-state index contributed by atoms with van der Waals surface area (Å²) < 4.78 is 10.7. The molecular formula is C21H25ClN2O3. The predicted octanol–water partition coefficient (Wildman–Crippen LogP) is 3.16. The van der Waals surface area contributed by atoms with Gasteiger partial charge in [-0.3, -0.25) is 4.79 Å². The van der Waals surface area contributed by atoms with Crippen molar-refractivity contribution in [2.24, 2.45) is 11.8 Å². The van der Waals surface area contributed by atoms with Crippen molar-refractivity contribution < 1.29 is 14.3 Å². The van der Waals surface area contributed by atoms with Crippen molar-refractivity contribution in [3.05, 3.63) is 59.7 Å². The molecule has 0 unspecified atom stereocenters. The van der Waals surface area contributed by atoms with Crippen LogP contribution in [0.25, 0.3) is 0 Å². The molecule has 4 rings (SSSR count). The fourth-order valence-corrected chi connectivity index (χ4v) is 4.30. The Balaban J connectivity index is 0.00000210. The van der Waals surface area contributed by atoms with Crippen molar-refractivity contribution in [2.75, 3.05) is 33.9 Å². The summed E-state index contributed by atoms with van der Waals surface area (Å²) in [5.74, 6) is 2.24. The monoisotopic (exact) mass is 388 g/mol. The van der Waals surface area contributed by atoms with Gasteiger partial charge in [-0.15, -0.1) is 12.4 Å². The molecule has 0 aliphatic carbocycles. The van der Waals surface area contributed by atoms with Gasteiger partial charge < -0.3 is 19.7 Å².